The topological polar surface area (TPSA) is 64.3 Å². The molecule has 3 N–H and O–H groups in total. The van der Waals surface area contributed by atoms with Crippen molar-refractivity contribution in [1.29, 1.82) is 0 Å². The Hall–Kier alpha value is -1.10. The van der Waals surface area contributed by atoms with Crippen molar-refractivity contribution in [3.05, 3.63) is 35.4 Å². The summed E-state index contributed by atoms with van der Waals surface area (Å²) in [6.07, 6.45) is 3.16. The molecule has 5 heteroatoms. The third-order valence-corrected chi connectivity index (χ3v) is 4.33. The van der Waals surface area contributed by atoms with Gasteiger partial charge in [0.2, 0.25) is 5.91 Å². The van der Waals surface area contributed by atoms with Crippen molar-refractivity contribution in [2.45, 2.75) is 39.3 Å². The molecular formula is C17H27ClN2O2. The van der Waals surface area contributed by atoms with Gasteiger partial charge in [-0.15, -0.1) is 12.4 Å². The second-order valence-corrected chi connectivity index (χ2v) is 5.66. The molecule has 0 bridgehead atoms. The Bertz CT molecular complexity index is 468. The number of carbonyl (C=O) groups is 1. The van der Waals surface area contributed by atoms with Crippen LogP contribution < -0.4 is 11.1 Å². The second-order valence-electron chi connectivity index (χ2n) is 5.66. The van der Waals surface area contributed by atoms with Crippen LogP contribution in [0.15, 0.2) is 24.3 Å². The second kappa shape index (κ2) is 9.82. The van der Waals surface area contributed by atoms with Crippen LogP contribution in [0.5, 0.6) is 0 Å². The van der Waals surface area contributed by atoms with Crippen LogP contribution in [0.4, 0.5) is 0 Å². The highest BCUT2D eigenvalue weighted by Crippen LogP contribution is 2.31. The first-order valence-electron chi connectivity index (χ1n) is 7.88. The Morgan fingerprint density at radius 1 is 1.32 bits per heavy atom. The maximum atomic E-state index is 12.3. The van der Waals surface area contributed by atoms with Crippen LogP contribution in [0.25, 0.3) is 0 Å². The molecule has 1 aromatic carbocycles. The molecular weight excluding hydrogens is 300 g/mol. The molecule has 0 saturated heterocycles. The van der Waals surface area contributed by atoms with E-state index >= 15 is 0 Å². The van der Waals surface area contributed by atoms with Gasteiger partial charge in [-0.25, -0.2) is 0 Å². The molecule has 1 aliphatic rings. The summed E-state index contributed by atoms with van der Waals surface area (Å²) in [5.41, 5.74) is 8.02. The molecule has 0 aromatic heterocycles. The monoisotopic (exact) mass is 326 g/mol. The zero-order chi connectivity index (χ0) is 15.1. The molecule has 0 heterocycles. The lowest BCUT2D eigenvalue weighted by Crippen LogP contribution is -2.34. The molecule has 1 amide bonds. The molecule has 0 spiro atoms. The van der Waals surface area contributed by atoms with Gasteiger partial charge in [-0.2, -0.15) is 0 Å². The summed E-state index contributed by atoms with van der Waals surface area (Å²) in [6.45, 7) is 4.45. The van der Waals surface area contributed by atoms with Crippen molar-refractivity contribution >= 4 is 18.3 Å². The Labute approximate surface area is 139 Å². The van der Waals surface area contributed by atoms with Gasteiger partial charge in [-0.05, 0) is 43.4 Å². The summed E-state index contributed by atoms with van der Waals surface area (Å²) in [6, 6.07) is 8.09. The predicted octanol–water partition coefficient (Wildman–Crippen LogP) is 2.64. The molecule has 124 valence electrons. The molecule has 2 rings (SSSR count). The molecule has 1 aliphatic carbocycles. The molecule has 1 aromatic rings. The van der Waals surface area contributed by atoms with Gasteiger partial charge in [-0.1, -0.05) is 30.7 Å². The van der Waals surface area contributed by atoms with E-state index in [9.17, 15) is 4.79 Å². The highest BCUT2D eigenvalue weighted by molar-refractivity contribution is 5.85. The maximum Gasteiger partial charge on any atom is 0.223 e. The smallest absolute Gasteiger partial charge is 0.223 e. The fourth-order valence-corrected chi connectivity index (χ4v) is 3.06. The minimum atomic E-state index is 0. The number of rotatable bonds is 7. The molecule has 1 saturated carbocycles. The summed E-state index contributed by atoms with van der Waals surface area (Å²) in [5, 5.41) is 3.07. The van der Waals surface area contributed by atoms with E-state index in [1.54, 1.807) is 0 Å². The number of hydrogen-bond acceptors (Lipinski definition) is 3. The van der Waals surface area contributed by atoms with Crippen LogP contribution in [0, 0.1) is 11.8 Å². The van der Waals surface area contributed by atoms with E-state index in [1.807, 2.05) is 25.1 Å². The summed E-state index contributed by atoms with van der Waals surface area (Å²) in [5.74, 6) is 0.590. The SMILES string of the molecule is CCOCc1ccccc1CNC(=O)[C@@H]1CCC[C@@H]1CN.Cl. The van der Waals surface area contributed by atoms with E-state index in [4.69, 9.17) is 10.5 Å². The number of nitrogens with one attached hydrogen (secondary N) is 1. The number of benzene rings is 1. The zero-order valence-corrected chi connectivity index (χ0v) is 14.0. The largest absolute Gasteiger partial charge is 0.377 e. The van der Waals surface area contributed by atoms with Crippen molar-refractivity contribution in [3.8, 4) is 0 Å². The van der Waals surface area contributed by atoms with Crippen molar-refractivity contribution in [2.75, 3.05) is 13.2 Å². The Balaban J connectivity index is 0.00000242. The summed E-state index contributed by atoms with van der Waals surface area (Å²) in [7, 11) is 0. The number of carbonyl (C=O) groups excluding carboxylic acids is 1. The van der Waals surface area contributed by atoms with Crippen molar-refractivity contribution in [3.63, 3.8) is 0 Å². The van der Waals surface area contributed by atoms with Crippen LogP contribution in [-0.4, -0.2) is 19.1 Å². The molecule has 4 nitrogen and oxygen atoms in total. The van der Waals surface area contributed by atoms with Crippen molar-refractivity contribution in [1.82, 2.24) is 5.32 Å². The van der Waals surface area contributed by atoms with Crippen LogP contribution in [0.3, 0.4) is 0 Å². The fraction of sp³-hybridized carbons (Fsp3) is 0.588. The molecule has 1 fully saturated rings. The van der Waals surface area contributed by atoms with Gasteiger partial charge in [0.15, 0.2) is 0 Å². The van der Waals surface area contributed by atoms with E-state index < -0.39 is 0 Å². The van der Waals surface area contributed by atoms with Gasteiger partial charge in [0.1, 0.15) is 0 Å². The molecule has 0 aliphatic heterocycles. The molecule has 22 heavy (non-hydrogen) atoms. The number of amides is 1. The lowest BCUT2D eigenvalue weighted by Gasteiger charge is -2.18. The zero-order valence-electron chi connectivity index (χ0n) is 13.2. The third kappa shape index (κ3) is 4.97. The Morgan fingerprint density at radius 3 is 2.73 bits per heavy atom. The van der Waals surface area contributed by atoms with Gasteiger partial charge in [0.05, 0.1) is 6.61 Å². The van der Waals surface area contributed by atoms with Gasteiger partial charge in [-0.3, -0.25) is 4.79 Å². The normalized spacial score (nSPS) is 20.5. The molecule has 2 atom stereocenters. The molecule has 0 radical (unpaired) electrons. The van der Waals surface area contributed by atoms with Gasteiger partial charge >= 0.3 is 0 Å². The van der Waals surface area contributed by atoms with E-state index in [2.05, 4.69) is 11.4 Å². The Morgan fingerprint density at radius 2 is 2.05 bits per heavy atom. The third-order valence-electron chi connectivity index (χ3n) is 4.33. The van der Waals surface area contributed by atoms with E-state index in [0.717, 1.165) is 30.4 Å². The number of halogens is 1. The molecule has 0 unspecified atom stereocenters. The Kier molecular flexibility index (Phi) is 8.46. The number of ether oxygens (including phenoxy) is 1. The maximum absolute atomic E-state index is 12.3. The van der Waals surface area contributed by atoms with Crippen molar-refractivity contribution < 1.29 is 9.53 Å². The van der Waals surface area contributed by atoms with Gasteiger partial charge < -0.3 is 15.8 Å². The summed E-state index contributed by atoms with van der Waals surface area (Å²) >= 11 is 0. The van der Waals surface area contributed by atoms with Crippen LogP contribution in [0.1, 0.15) is 37.3 Å². The van der Waals surface area contributed by atoms with Gasteiger partial charge in [0, 0.05) is 19.1 Å². The van der Waals surface area contributed by atoms with Crippen molar-refractivity contribution in [2.24, 2.45) is 17.6 Å². The lowest BCUT2D eigenvalue weighted by atomic mass is 9.95. The van der Waals surface area contributed by atoms with Crippen LogP contribution in [-0.2, 0) is 22.7 Å². The first-order chi connectivity index (χ1) is 10.3. The summed E-state index contributed by atoms with van der Waals surface area (Å²) in [4.78, 5) is 12.3. The highest BCUT2D eigenvalue weighted by Gasteiger charge is 2.31. The van der Waals surface area contributed by atoms with Crippen LogP contribution >= 0.6 is 12.4 Å². The first kappa shape index (κ1) is 18.9. The average molecular weight is 327 g/mol. The lowest BCUT2D eigenvalue weighted by molar-refractivity contribution is -0.126. The van der Waals surface area contributed by atoms with Gasteiger partial charge in [0.25, 0.3) is 0 Å². The minimum Gasteiger partial charge on any atom is -0.377 e. The number of nitrogens with two attached hydrogens (primary N) is 1. The number of hydrogen-bond donors (Lipinski definition) is 2. The summed E-state index contributed by atoms with van der Waals surface area (Å²) < 4.78 is 5.47. The average Bonchev–Trinajstić information content (AvgIpc) is 3.00. The van der Waals surface area contributed by atoms with Crippen LogP contribution in [0.2, 0.25) is 0 Å². The highest BCUT2D eigenvalue weighted by atomic mass is 35.5. The van der Waals surface area contributed by atoms with E-state index in [-0.39, 0.29) is 24.2 Å². The predicted molar refractivity (Wildman–Crippen MR) is 90.8 cm³/mol. The fourth-order valence-electron chi connectivity index (χ4n) is 3.06. The first-order valence-corrected chi connectivity index (χ1v) is 7.88. The van der Waals surface area contributed by atoms with E-state index in [1.165, 1.54) is 0 Å². The minimum absolute atomic E-state index is 0. The van der Waals surface area contributed by atoms with E-state index in [0.29, 0.717) is 32.2 Å². The standard InChI is InChI=1S/C17H26N2O2.ClH/c1-2-21-12-15-7-4-3-6-14(15)11-19-17(20)16-9-5-8-13(16)10-18;/h3-4,6-7,13,16H,2,5,8-12,18H2,1H3,(H,19,20);1H/t13-,16-;/m1./s1. The quantitative estimate of drug-likeness (QED) is 0.809.